The third kappa shape index (κ3) is 6.17. The van der Waals surface area contributed by atoms with Crippen molar-refractivity contribution in [3.05, 3.63) is 101 Å². The number of nitrogens with one attached hydrogen (secondary N) is 2. The lowest BCUT2D eigenvalue weighted by Crippen LogP contribution is -2.49. The number of anilines is 1. The summed E-state index contributed by atoms with van der Waals surface area (Å²) in [6.07, 6.45) is 0.714. The van der Waals surface area contributed by atoms with Gasteiger partial charge in [0.25, 0.3) is 0 Å². The molecule has 0 aliphatic rings. The van der Waals surface area contributed by atoms with E-state index in [9.17, 15) is 9.59 Å². The van der Waals surface area contributed by atoms with Crippen LogP contribution in [0.5, 0.6) is 0 Å². The van der Waals surface area contributed by atoms with Crippen LogP contribution in [0.15, 0.2) is 84.9 Å². The average molecular weight is 519 g/mol. The second kappa shape index (κ2) is 11.9. The lowest BCUT2D eigenvalue weighted by atomic mass is 9.89. The molecular formula is C28H27ClN4O2S. The Hall–Kier alpha value is -3.55. The van der Waals surface area contributed by atoms with E-state index in [0.29, 0.717) is 21.6 Å². The number of hydrogen-bond donors (Lipinski definition) is 2. The summed E-state index contributed by atoms with van der Waals surface area (Å²) in [5.74, 6) is -1.18. The number of benzene rings is 3. The van der Waals surface area contributed by atoms with Crippen molar-refractivity contribution in [1.82, 2.24) is 15.5 Å². The minimum Gasteiger partial charge on any atom is -0.343 e. The SMILES string of the molecule is CCC(C)C(NC(=O)C(c1ccccc1)c1ccccc1)C(=O)Nc1nnc(-c2ccc(Cl)cc2)s1. The third-order valence-electron chi connectivity index (χ3n) is 6.07. The number of halogens is 1. The molecule has 184 valence electrons. The van der Waals surface area contributed by atoms with Gasteiger partial charge in [-0.3, -0.25) is 14.9 Å². The van der Waals surface area contributed by atoms with Crippen molar-refractivity contribution in [3.8, 4) is 10.6 Å². The predicted octanol–water partition coefficient (Wildman–Crippen LogP) is 6.16. The summed E-state index contributed by atoms with van der Waals surface area (Å²) in [7, 11) is 0. The Labute approximate surface area is 219 Å². The maximum absolute atomic E-state index is 13.6. The van der Waals surface area contributed by atoms with E-state index in [2.05, 4.69) is 20.8 Å². The molecule has 36 heavy (non-hydrogen) atoms. The Morgan fingerprint density at radius 2 is 1.44 bits per heavy atom. The summed E-state index contributed by atoms with van der Waals surface area (Å²) in [6.45, 7) is 3.94. The molecular weight excluding hydrogens is 492 g/mol. The molecule has 2 atom stereocenters. The molecule has 1 heterocycles. The number of amides is 2. The maximum Gasteiger partial charge on any atom is 0.249 e. The smallest absolute Gasteiger partial charge is 0.249 e. The minimum atomic E-state index is -0.736. The molecule has 2 amide bonds. The molecule has 0 saturated carbocycles. The number of rotatable bonds is 9. The number of carbonyl (C=O) groups excluding carboxylic acids is 2. The zero-order valence-corrected chi connectivity index (χ0v) is 21.6. The first-order valence-corrected chi connectivity index (χ1v) is 13.0. The highest BCUT2D eigenvalue weighted by atomic mass is 35.5. The molecule has 4 rings (SSSR count). The summed E-state index contributed by atoms with van der Waals surface area (Å²) < 4.78 is 0. The second-order valence-corrected chi connectivity index (χ2v) is 9.95. The summed E-state index contributed by atoms with van der Waals surface area (Å²) in [5, 5.41) is 15.8. The van der Waals surface area contributed by atoms with E-state index >= 15 is 0 Å². The Bertz CT molecular complexity index is 1260. The van der Waals surface area contributed by atoms with Gasteiger partial charge in [0.1, 0.15) is 11.0 Å². The van der Waals surface area contributed by atoms with Crippen LogP contribution >= 0.6 is 22.9 Å². The molecule has 0 saturated heterocycles. The first kappa shape index (κ1) is 25.5. The van der Waals surface area contributed by atoms with Crippen molar-refractivity contribution in [3.63, 3.8) is 0 Å². The number of carbonyl (C=O) groups is 2. The standard InChI is InChI=1S/C28H27ClN4O2S/c1-3-18(2)24(26(35)31-28-33-32-27(36-28)21-14-16-22(29)17-15-21)30-25(34)23(19-10-6-4-7-11-19)20-12-8-5-9-13-20/h4-18,23-24H,3H2,1-2H3,(H,30,34)(H,31,33,35). The van der Waals surface area contributed by atoms with Gasteiger partial charge in [0.05, 0.1) is 5.92 Å². The third-order valence-corrected chi connectivity index (χ3v) is 7.21. The van der Waals surface area contributed by atoms with E-state index in [1.54, 1.807) is 12.1 Å². The number of hydrogen-bond acceptors (Lipinski definition) is 5. The Kier molecular flexibility index (Phi) is 8.46. The van der Waals surface area contributed by atoms with Crippen molar-refractivity contribution < 1.29 is 9.59 Å². The number of aromatic nitrogens is 2. The average Bonchev–Trinajstić information content (AvgIpc) is 3.37. The van der Waals surface area contributed by atoms with E-state index < -0.39 is 12.0 Å². The van der Waals surface area contributed by atoms with Crippen molar-refractivity contribution >= 4 is 39.9 Å². The van der Waals surface area contributed by atoms with Gasteiger partial charge in [0.15, 0.2) is 0 Å². The molecule has 2 N–H and O–H groups in total. The first-order valence-electron chi connectivity index (χ1n) is 11.8. The fraction of sp³-hybridized carbons (Fsp3) is 0.214. The molecule has 0 radical (unpaired) electrons. The van der Waals surface area contributed by atoms with Crippen molar-refractivity contribution in [2.24, 2.45) is 5.92 Å². The Morgan fingerprint density at radius 1 is 0.861 bits per heavy atom. The molecule has 4 aromatic rings. The Balaban J connectivity index is 1.54. The van der Waals surface area contributed by atoms with Gasteiger partial charge in [-0.15, -0.1) is 10.2 Å². The van der Waals surface area contributed by atoms with E-state index in [-0.39, 0.29) is 17.7 Å². The molecule has 1 aromatic heterocycles. The number of nitrogens with zero attached hydrogens (tertiary/aromatic N) is 2. The monoisotopic (exact) mass is 518 g/mol. The van der Waals surface area contributed by atoms with Crippen molar-refractivity contribution in [2.45, 2.75) is 32.2 Å². The normalized spacial score (nSPS) is 12.7. The topological polar surface area (TPSA) is 84.0 Å². The lowest BCUT2D eigenvalue weighted by molar-refractivity contribution is -0.128. The van der Waals surface area contributed by atoms with Crippen LogP contribution < -0.4 is 10.6 Å². The molecule has 0 aliphatic carbocycles. The predicted molar refractivity (Wildman–Crippen MR) is 145 cm³/mol. The van der Waals surface area contributed by atoms with E-state index in [1.165, 1.54) is 11.3 Å². The van der Waals surface area contributed by atoms with E-state index in [4.69, 9.17) is 11.6 Å². The highest BCUT2D eigenvalue weighted by molar-refractivity contribution is 7.18. The van der Waals surface area contributed by atoms with Gasteiger partial charge in [-0.2, -0.15) is 0 Å². The molecule has 0 fully saturated rings. The molecule has 0 aliphatic heterocycles. The van der Waals surface area contributed by atoms with E-state index in [1.807, 2.05) is 86.6 Å². The van der Waals surface area contributed by atoms with Crippen LogP contribution in [0.2, 0.25) is 5.02 Å². The van der Waals surface area contributed by atoms with Crippen molar-refractivity contribution in [2.75, 3.05) is 5.32 Å². The van der Waals surface area contributed by atoms with E-state index in [0.717, 1.165) is 16.7 Å². The van der Waals surface area contributed by atoms with Crippen LogP contribution in [0.1, 0.15) is 37.3 Å². The Morgan fingerprint density at radius 3 is 2.00 bits per heavy atom. The van der Waals surface area contributed by atoms with Gasteiger partial charge >= 0.3 is 0 Å². The van der Waals surface area contributed by atoms with Crippen LogP contribution in [0.25, 0.3) is 10.6 Å². The minimum absolute atomic E-state index is 0.0928. The van der Waals surface area contributed by atoms with Gasteiger partial charge < -0.3 is 5.32 Å². The summed E-state index contributed by atoms with van der Waals surface area (Å²) >= 11 is 7.23. The summed E-state index contributed by atoms with van der Waals surface area (Å²) in [5.41, 5.74) is 2.58. The van der Waals surface area contributed by atoms with Gasteiger partial charge in [-0.25, -0.2) is 0 Å². The lowest BCUT2D eigenvalue weighted by Gasteiger charge is -2.26. The fourth-order valence-corrected chi connectivity index (χ4v) is 4.77. The fourth-order valence-electron chi connectivity index (χ4n) is 3.89. The van der Waals surface area contributed by atoms with Crippen LogP contribution in [0.3, 0.4) is 0 Å². The van der Waals surface area contributed by atoms with Crippen LogP contribution in [0.4, 0.5) is 5.13 Å². The molecule has 2 unspecified atom stereocenters. The quantitative estimate of drug-likeness (QED) is 0.278. The molecule has 0 bridgehead atoms. The van der Waals surface area contributed by atoms with Crippen molar-refractivity contribution in [1.29, 1.82) is 0 Å². The zero-order chi connectivity index (χ0) is 25.5. The highest BCUT2D eigenvalue weighted by Gasteiger charge is 2.31. The second-order valence-electron chi connectivity index (χ2n) is 8.53. The van der Waals surface area contributed by atoms with Gasteiger partial charge in [-0.05, 0) is 29.2 Å². The largest absolute Gasteiger partial charge is 0.343 e. The van der Waals surface area contributed by atoms with Crippen LogP contribution in [-0.2, 0) is 9.59 Å². The molecule has 8 heteroatoms. The summed E-state index contributed by atoms with van der Waals surface area (Å²) in [4.78, 5) is 27.0. The highest BCUT2D eigenvalue weighted by Crippen LogP contribution is 2.28. The summed E-state index contributed by atoms with van der Waals surface area (Å²) in [6, 6.07) is 25.7. The maximum atomic E-state index is 13.6. The van der Waals surface area contributed by atoms with Crippen LogP contribution in [0, 0.1) is 5.92 Å². The molecule has 6 nitrogen and oxygen atoms in total. The first-order chi connectivity index (χ1) is 17.5. The van der Waals surface area contributed by atoms with Gasteiger partial charge in [0.2, 0.25) is 16.9 Å². The molecule has 3 aromatic carbocycles. The van der Waals surface area contributed by atoms with Gasteiger partial charge in [-0.1, -0.05) is 116 Å². The van der Waals surface area contributed by atoms with Crippen LogP contribution in [-0.4, -0.2) is 28.1 Å². The van der Waals surface area contributed by atoms with Gasteiger partial charge in [0, 0.05) is 10.6 Å². The zero-order valence-electron chi connectivity index (χ0n) is 20.0. The molecule has 0 spiro atoms.